The molecule has 0 aliphatic carbocycles. The number of pyridine rings is 2. The van der Waals surface area contributed by atoms with Crippen LogP contribution in [0.15, 0.2) is 35.1 Å². The second-order valence-electron chi connectivity index (χ2n) is 14.4. The van der Waals surface area contributed by atoms with Crippen LogP contribution in [-0.2, 0) is 14.2 Å². The minimum Gasteiger partial charge on any atom is -0.444 e. The van der Waals surface area contributed by atoms with Crippen LogP contribution in [0.5, 0.6) is 0 Å². The summed E-state index contributed by atoms with van der Waals surface area (Å²) in [6.45, 7) is 15.4. The van der Waals surface area contributed by atoms with Gasteiger partial charge in [-0.25, -0.2) is 9.59 Å². The summed E-state index contributed by atoms with van der Waals surface area (Å²) < 4.78 is 22.5. The van der Waals surface area contributed by atoms with Crippen LogP contribution in [0.1, 0.15) is 89.6 Å². The van der Waals surface area contributed by atoms with Gasteiger partial charge < -0.3 is 34.2 Å². The molecule has 2 fully saturated rings. The van der Waals surface area contributed by atoms with Gasteiger partial charge in [0.15, 0.2) is 5.58 Å². The number of fused-ring (bicyclic) bond motifs is 1. The van der Waals surface area contributed by atoms with Crippen molar-refractivity contribution >= 4 is 46.5 Å². The number of carbonyl (C=O) groups is 3. The maximum atomic E-state index is 14.1. The van der Waals surface area contributed by atoms with Crippen molar-refractivity contribution in [3.8, 4) is 0 Å². The van der Waals surface area contributed by atoms with Crippen LogP contribution < -0.4 is 20.9 Å². The molecule has 0 saturated carbocycles. The van der Waals surface area contributed by atoms with E-state index in [0.29, 0.717) is 43.1 Å². The molecule has 5 heterocycles. The Kier molecular flexibility index (Phi) is 9.94. The van der Waals surface area contributed by atoms with E-state index in [1.54, 1.807) is 39.4 Å². The number of rotatable bonds is 6. The Morgan fingerprint density at radius 2 is 1.66 bits per heavy atom. The van der Waals surface area contributed by atoms with Gasteiger partial charge in [0.2, 0.25) is 5.88 Å². The Morgan fingerprint density at radius 1 is 0.957 bits per heavy atom. The standard InChI is InChI=1S/C34H46N6O7/c1-20-14-23(37-31(42)46-33(2,3)4)19-40(18-20)25-8-11-35-17-24(25)38-29(41)27-28-26(45-30(27)39-32(43)47-34(5,6)7)15-22(16-36-28)21-9-12-44-13-10-21/h8,11,15-17,20-21,23H,9-10,12-14,18-19H2,1-7H3,(H,37,42)(H,38,41)(H,39,43)/t20-,23+/m1/s1. The molecule has 2 saturated heterocycles. The second-order valence-corrected chi connectivity index (χ2v) is 14.4. The van der Waals surface area contributed by atoms with Crippen LogP contribution in [0.3, 0.4) is 0 Å². The van der Waals surface area contributed by atoms with Crippen molar-refractivity contribution in [2.75, 3.05) is 41.8 Å². The van der Waals surface area contributed by atoms with Crippen molar-refractivity contribution in [1.82, 2.24) is 15.3 Å². The molecule has 0 spiro atoms. The molecule has 3 aromatic heterocycles. The number of ether oxygens (including phenoxy) is 3. The number of aromatic nitrogens is 2. The highest BCUT2D eigenvalue weighted by Gasteiger charge is 2.31. The lowest BCUT2D eigenvalue weighted by molar-refractivity contribution is 0.0494. The first-order chi connectivity index (χ1) is 22.1. The number of amides is 3. The van der Waals surface area contributed by atoms with Gasteiger partial charge in [-0.3, -0.25) is 20.1 Å². The van der Waals surface area contributed by atoms with Crippen LogP contribution in [0, 0.1) is 5.92 Å². The Labute approximate surface area is 275 Å². The molecular weight excluding hydrogens is 604 g/mol. The number of hydrogen-bond acceptors (Lipinski definition) is 10. The summed E-state index contributed by atoms with van der Waals surface area (Å²) in [5, 5.41) is 8.59. The lowest BCUT2D eigenvalue weighted by Gasteiger charge is -2.39. The second kappa shape index (κ2) is 13.8. The van der Waals surface area contributed by atoms with E-state index >= 15 is 0 Å². The average molecular weight is 651 g/mol. The van der Waals surface area contributed by atoms with Crippen LogP contribution >= 0.6 is 0 Å². The van der Waals surface area contributed by atoms with E-state index in [0.717, 1.165) is 30.5 Å². The normalized spacial score (nSPS) is 19.3. The van der Waals surface area contributed by atoms with Crippen molar-refractivity contribution in [1.29, 1.82) is 0 Å². The molecule has 2 aliphatic heterocycles. The molecule has 47 heavy (non-hydrogen) atoms. The number of furan rings is 1. The smallest absolute Gasteiger partial charge is 0.414 e. The van der Waals surface area contributed by atoms with Gasteiger partial charge in [0.1, 0.15) is 22.3 Å². The van der Waals surface area contributed by atoms with Gasteiger partial charge >= 0.3 is 12.2 Å². The fourth-order valence-electron chi connectivity index (χ4n) is 6.01. The fraction of sp³-hybridized carbons (Fsp3) is 0.559. The molecule has 5 rings (SSSR count). The minimum atomic E-state index is -0.765. The predicted molar refractivity (Wildman–Crippen MR) is 178 cm³/mol. The van der Waals surface area contributed by atoms with E-state index in [9.17, 15) is 14.4 Å². The van der Waals surface area contributed by atoms with Crippen LogP contribution in [0.25, 0.3) is 11.1 Å². The van der Waals surface area contributed by atoms with E-state index in [1.165, 1.54) is 0 Å². The highest BCUT2D eigenvalue weighted by Crippen LogP contribution is 2.35. The van der Waals surface area contributed by atoms with Crippen LogP contribution in [0.4, 0.5) is 26.8 Å². The van der Waals surface area contributed by atoms with E-state index in [4.69, 9.17) is 18.6 Å². The number of hydrogen-bond donors (Lipinski definition) is 3. The quantitative estimate of drug-likeness (QED) is 0.271. The highest BCUT2D eigenvalue weighted by atomic mass is 16.6. The van der Waals surface area contributed by atoms with Gasteiger partial charge in [0.25, 0.3) is 5.91 Å². The zero-order chi connectivity index (χ0) is 33.9. The lowest BCUT2D eigenvalue weighted by atomic mass is 9.93. The van der Waals surface area contributed by atoms with Gasteiger partial charge in [-0.2, -0.15) is 0 Å². The summed E-state index contributed by atoms with van der Waals surface area (Å²) in [5.41, 5.74) is 1.55. The third-order valence-corrected chi connectivity index (χ3v) is 7.85. The zero-order valence-electron chi connectivity index (χ0n) is 28.3. The monoisotopic (exact) mass is 650 g/mol. The Balaban J connectivity index is 1.42. The molecule has 0 radical (unpaired) electrons. The lowest BCUT2D eigenvalue weighted by Crippen LogP contribution is -2.51. The summed E-state index contributed by atoms with van der Waals surface area (Å²) in [6.07, 6.45) is 6.25. The predicted octanol–water partition coefficient (Wildman–Crippen LogP) is 6.46. The largest absolute Gasteiger partial charge is 0.444 e. The Hall–Kier alpha value is -4.39. The van der Waals surface area contributed by atoms with Crippen molar-refractivity contribution in [2.45, 2.75) is 90.9 Å². The third-order valence-electron chi connectivity index (χ3n) is 7.85. The molecule has 2 atom stereocenters. The maximum absolute atomic E-state index is 14.1. The molecular formula is C34H46N6O7. The van der Waals surface area contributed by atoms with E-state index in [-0.39, 0.29) is 29.3 Å². The van der Waals surface area contributed by atoms with Gasteiger partial charge in [0, 0.05) is 44.7 Å². The zero-order valence-corrected chi connectivity index (χ0v) is 28.3. The number of carbonyl (C=O) groups excluding carboxylic acids is 3. The van der Waals surface area contributed by atoms with Crippen molar-refractivity contribution in [3.05, 3.63) is 41.9 Å². The van der Waals surface area contributed by atoms with Crippen molar-refractivity contribution < 1.29 is 33.0 Å². The summed E-state index contributed by atoms with van der Waals surface area (Å²) in [6, 6.07) is 3.53. The molecule has 2 aliphatic rings. The Morgan fingerprint density at radius 3 is 2.36 bits per heavy atom. The SMILES string of the molecule is C[C@@H]1C[C@H](NC(=O)OC(C)(C)C)CN(c2ccncc2NC(=O)c2c(NC(=O)OC(C)(C)C)oc3cc(C4CCOCC4)cnc23)C1. The molecule has 0 bridgehead atoms. The molecule has 254 valence electrons. The summed E-state index contributed by atoms with van der Waals surface area (Å²) >= 11 is 0. The molecule has 0 unspecified atom stereocenters. The molecule has 13 nitrogen and oxygen atoms in total. The number of nitrogens with one attached hydrogen (secondary N) is 3. The van der Waals surface area contributed by atoms with Crippen molar-refractivity contribution in [3.63, 3.8) is 0 Å². The molecule has 3 aromatic rings. The molecule has 3 N–H and O–H groups in total. The summed E-state index contributed by atoms with van der Waals surface area (Å²) in [5.74, 6) is -0.105. The number of alkyl carbamates (subject to hydrolysis) is 1. The van der Waals surface area contributed by atoms with Gasteiger partial charge in [-0.15, -0.1) is 0 Å². The third kappa shape index (κ3) is 8.91. The highest BCUT2D eigenvalue weighted by molar-refractivity contribution is 6.16. The van der Waals surface area contributed by atoms with Gasteiger partial charge in [0.05, 0.1) is 17.6 Å². The van der Waals surface area contributed by atoms with Crippen LogP contribution in [-0.4, -0.2) is 71.6 Å². The van der Waals surface area contributed by atoms with E-state index < -0.39 is 29.3 Å². The number of nitrogens with zero attached hydrogens (tertiary/aromatic N) is 3. The van der Waals surface area contributed by atoms with Gasteiger partial charge in [-0.05, 0) is 90.3 Å². The Bertz CT molecular complexity index is 1600. The first kappa shape index (κ1) is 34.0. The maximum Gasteiger partial charge on any atom is 0.414 e. The van der Waals surface area contributed by atoms with Crippen molar-refractivity contribution in [2.24, 2.45) is 5.92 Å². The van der Waals surface area contributed by atoms with E-state index in [1.807, 2.05) is 32.9 Å². The summed E-state index contributed by atoms with van der Waals surface area (Å²) in [4.78, 5) is 50.4. The van der Waals surface area contributed by atoms with Gasteiger partial charge in [-0.1, -0.05) is 6.92 Å². The fourth-order valence-corrected chi connectivity index (χ4v) is 6.01. The minimum absolute atomic E-state index is 0.0654. The number of anilines is 3. The summed E-state index contributed by atoms with van der Waals surface area (Å²) in [7, 11) is 0. The molecule has 0 aromatic carbocycles. The molecule has 13 heteroatoms. The average Bonchev–Trinajstić information content (AvgIpc) is 3.32. The topological polar surface area (TPSA) is 157 Å². The first-order valence-electron chi connectivity index (χ1n) is 16.1. The molecule has 3 amide bonds. The van der Waals surface area contributed by atoms with Crippen LogP contribution in [0.2, 0.25) is 0 Å². The first-order valence-corrected chi connectivity index (χ1v) is 16.1. The van der Waals surface area contributed by atoms with E-state index in [2.05, 4.69) is 37.7 Å². The number of piperidine rings is 1.